The highest BCUT2D eigenvalue weighted by molar-refractivity contribution is 6.34. The number of imidazole rings is 1. The van der Waals surface area contributed by atoms with Gasteiger partial charge in [-0.25, -0.2) is 9.37 Å². The lowest BCUT2D eigenvalue weighted by Crippen LogP contribution is -2.71. The summed E-state index contributed by atoms with van der Waals surface area (Å²) in [5.41, 5.74) is 1.87. The molecular formula is C20H26ClFN4. The van der Waals surface area contributed by atoms with Crippen LogP contribution in [-0.4, -0.2) is 52.5 Å². The van der Waals surface area contributed by atoms with E-state index >= 15 is 0 Å². The molecule has 2 aromatic rings. The number of aromatic amines is 1. The maximum atomic E-state index is 13.5. The van der Waals surface area contributed by atoms with Gasteiger partial charge in [0.15, 0.2) is 0 Å². The van der Waals surface area contributed by atoms with Crippen LogP contribution < -0.4 is 0 Å². The van der Waals surface area contributed by atoms with Crippen molar-refractivity contribution in [1.29, 1.82) is 0 Å². The van der Waals surface area contributed by atoms with Gasteiger partial charge in [-0.05, 0) is 31.0 Å². The van der Waals surface area contributed by atoms with E-state index in [-0.39, 0.29) is 5.82 Å². The summed E-state index contributed by atoms with van der Waals surface area (Å²) in [6.45, 7) is 6.88. The zero-order chi connectivity index (χ0) is 17.7. The molecule has 1 spiro atoms. The van der Waals surface area contributed by atoms with Crippen LogP contribution in [0.1, 0.15) is 37.9 Å². The molecule has 1 aliphatic carbocycles. The Labute approximate surface area is 158 Å². The standard InChI is InChI=1S/C20H26ClFN4/c21-16-7-15(22)8-17-19(16)24-18(23-17)9-26-12-20(13-26)10-25(11-20)6-5-14-3-1-2-4-14/h7-8,14H,1-6,9-13H2,(H,23,24). The Balaban J connectivity index is 1.11. The number of rotatable bonds is 5. The zero-order valence-electron chi connectivity index (χ0n) is 15.1. The van der Waals surface area contributed by atoms with Gasteiger partial charge >= 0.3 is 0 Å². The maximum absolute atomic E-state index is 13.5. The van der Waals surface area contributed by atoms with Crippen LogP contribution in [-0.2, 0) is 6.54 Å². The fraction of sp³-hybridized carbons (Fsp3) is 0.650. The predicted molar refractivity (Wildman–Crippen MR) is 102 cm³/mol. The molecule has 1 aromatic carbocycles. The first-order valence-electron chi connectivity index (χ1n) is 9.87. The minimum atomic E-state index is -0.326. The molecule has 0 bridgehead atoms. The van der Waals surface area contributed by atoms with E-state index in [2.05, 4.69) is 19.8 Å². The fourth-order valence-electron chi connectivity index (χ4n) is 5.32. The first-order valence-corrected chi connectivity index (χ1v) is 10.2. The van der Waals surface area contributed by atoms with Crippen molar-refractivity contribution in [3.8, 4) is 0 Å². The van der Waals surface area contributed by atoms with Gasteiger partial charge < -0.3 is 9.88 Å². The van der Waals surface area contributed by atoms with Gasteiger partial charge in [0.1, 0.15) is 17.2 Å². The van der Waals surface area contributed by atoms with Gasteiger partial charge in [0, 0.05) is 31.6 Å². The van der Waals surface area contributed by atoms with E-state index in [0.29, 0.717) is 21.5 Å². The number of aromatic nitrogens is 2. The Morgan fingerprint density at radius 1 is 1.15 bits per heavy atom. The molecular weight excluding hydrogens is 351 g/mol. The van der Waals surface area contributed by atoms with Crippen molar-refractivity contribution >= 4 is 22.6 Å². The van der Waals surface area contributed by atoms with Crippen molar-refractivity contribution in [3.05, 3.63) is 28.8 Å². The van der Waals surface area contributed by atoms with Crippen molar-refractivity contribution in [2.24, 2.45) is 11.3 Å². The minimum Gasteiger partial charge on any atom is -0.341 e. The van der Waals surface area contributed by atoms with E-state index < -0.39 is 0 Å². The second-order valence-electron chi connectivity index (χ2n) is 8.76. The van der Waals surface area contributed by atoms with Gasteiger partial charge in [-0.1, -0.05) is 37.3 Å². The number of fused-ring (bicyclic) bond motifs is 1. The predicted octanol–water partition coefficient (Wildman–Crippen LogP) is 4.05. The van der Waals surface area contributed by atoms with E-state index in [9.17, 15) is 4.39 Å². The summed E-state index contributed by atoms with van der Waals surface area (Å²) in [5, 5.41) is 0.375. The third kappa shape index (κ3) is 3.14. The monoisotopic (exact) mass is 376 g/mol. The van der Waals surface area contributed by atoms with Crippen LogP contribution in [0.15, 0.2) is 12.1 Å². The number of hydrogen-bond acceptors (Lipinski definition) is 3. The number of benzene rings is 1. The highest BCUT2D eigenvalue weighted by atomic mass is 35.5. The second-order valence-corrected chi connectivity index (χ2v) is 9.17. The van der Waals surface area contributed by atoms with Gasteiger partial charge in [0.25, 0.3) is 0 Å². The van der Waals surface area contributed by atoms with Crippen molar-refractivity contribution in [3.63, 3.8) is 0 Å². The largest absolute Gasteiger partial charge is 0.341 e. The number of nitrogens with one attached hydrogen (secondary N) is 1. The molecule has 0 radical (unpaired) electrons. The van der Waals surface area contributed by atoms with Crippen LogP contribution in [0.25, 0.3) is 11.0 Å². The summed E-state index contributed by atoms with van der Waals surface area (Å²) >= 11 is 6.09. The van der Waals surface area contributed by atoms with Crippen molar-refractivity contribution < 1.29 is 4.39 Å². The molecule has 6 heteroatoms. The Hall–Kier alpha value is -1.17. The van der Waals surface area contributed by atoms with Crippen LogP contribution in [0, 0.1) is 17.2 Å². The molecule has 4 nitrogen and oxygen atoms in total. The van der Waals surface area contributed by atoms with E-state index in [0.717, 1.165) is 31.4 Å². The molecule has 3 heterocycles. The Bertz CT molecular complexity index is 799. The van der Waals surface area contributed by atoms with Crippen molar-refractivity contribution in [2.75, 3.05) is 32.7 Å². The SMILES string of the molecule is Fc1cc(Cl)c2nc(CN3CC4(CN(CCC5CCCC5)C4)C3)[nH]c2c1. The highest BCUT2D eigenvalue weighted by Crippen LogP contribution is 2.41. The van der Waals surface area contributed by atoms with Crippen molar-refractivity contribution in [1.82, 2.24) is 19.8 Å². The second kappa shape index (κ2) is 6.47. The first-order chi connectivity index (χ1) is 12.6. The van der Waals surface area contributed by atoms with Gasteiger partial charge in [-0.2, -0.15) is 0 Å². The molecule has 1 N–H and O–H groups in total. The lowest BCUT2D eigenvalue weighted by Gasteiger charge is -2.60. The average molecular weight is 377 g/mol. The third-order valence-electron chi connectivity index (χ3n) is 6.49. The van der Waals surface area contributed by atoms with Gasteiger partial charge in [0.2, 0.25) is 0 Å². The molecule has 26 heavy (non-hydrogen) atoms. The summed E-state index contributed by atoms with van der Waals surface area (Å²) in [6, 6.07) is 2.78. The molecule has 3 fully saturated rings. The van der Waals surface area contributed by atoms with Crippen LogP contribution in [0.3, 0.4) is 0 Å². The Morgan fingerprint density at radius 3 is 2.65 bits per heavy atom. The van der Waals surface area contributed by atoms with Crippen LogP contribution in [0.2, 0.25) is 5.02 Å². The van der Waals surface area contributed by atoms with Crippen LogP contribution in [0.5, 0.6) is 0 Å². The average Bonchev–Trinajstić information content (AvgIpc) is 3.16. The highest BCUT2D eigenvalue weighted by Gasteiger charge is 2.51. The molecule has 5 rings (SSSR count). The van der Waals surface area contributed by atoms with E-state index in [1.54, 1.807) is 0 Å². The maximum Gasteiger partial charge on any atom is 0.126 e. The van der Waals surface area contributed by atoms with Crippen LogP contribution in [0.4, 0.5) is 4.39 Å². The van der Waals surface area contributed by atoms with Gasteiger partial charge in [0.05, 0.1) is 17.1 Å². The van der Waals surface area contributed by atoms with Gasteiger partial charge in [-0.15, -0.1) is 0 Å². The lowest BCUT2D eigenvalue weighted by atomic mass is 9.72. The molecule has 2 aliphatic heterocycles. The molecule has 0 unspecified atom stereocenters. The van der Waals surface area contributed by atoms with Crippen molar-refractivity contribution in [2.45, 2.75) is 38.6 Å². The van der Waals surface area contributed by atoms with E-state index in [1.165, 1.54) is 63.9 Å². The topological polar surface area (TPSA) is 35.2 Å². The normalized spacial score (nSPS) is 23.6. The summed E-state index contributed by atoms with van der Waals surface area (Å²) in [4.78, 5) is 12.8. The summed E-state index contributed by atoms with van der Waals surface area (Å²) in [6.07, 6.45) is 7.21. The summed E-state index contributed by atoms with van der Waals surface area (Å²) in [5.74, 6) is 1.54. The molecule has 0 atom stereocenters. The number of H-pyrrole nitrogens is 1. The fourth-order valence-corrected chi connectivity index (χ4v) is 5.57. The smallest absolute Gasteiger partial charge is 0.126 e. The quantitative estimate of drug-likeness (QED) is 0.854. The molecule has 1 saturated carbocycles. The van der Waals surface area contributed by atoms with Gasteiger partial charge in [-0.3, -0.25) is 4.90 Å². The number of likely N-dealkylation sites (tertiary alicyclic amines) is 2. The van der Waals surface area contributed by atoms with E-state index in [4.69, 9.17) is 11.6 Å². The number of hydrogen-bond donors (Lipinski definition) is 1. The summed E-state index contributed by atoms with van der Waals surface area (Å²) in [7, 11) is 0. The summed E-state index contributed by atoms with van der Waals surface area (Å²) < 4.78 is 13.5. The molecule has 2 saturated heterocycles. The third-order valence-corrected chi connectivity index (χ3v) is 6.78. The Kier molecular flexibility index (Phi) is 4.22. The van der Waals surface area contributed by atoms with Crippen LogP contribution >= 0.6 is 11.6 Å². The Morgan fingerprint density at radius 2 is 1.88 bits per heavy atom. The zero-order valence-corrected chi connectivity index (χ0v) is 15.9. The molecule has 0 amide bonds. The molecule has 1 aromatic heterocycles. The number of nitrogens with zero attached hydrogens (tertiary/aromatic N) is 3. The molecule has 140 valence electrons. The first kappa shape index (κ1) is 17.0. The minimum absolute atomic E-state index is 0.326. The van der Waals surface area contributed by atoms with E-state index in [1.807, 2.05) is 0 Å². The lowest BCUT2D eigenvalue weighted by molar-refractivity contribution is -0.119. The molecule has 3 aliphatic rings. The number of halogens is 2.